The highest BCUT2D eigenvalue weighted by Crippen LogP contribution is 2.25. The first-order chi connectivity index (χ1) is 8.02. The fourth-order valence-electron chi connectivity index (χ4n) is 1.07. The number of anilines is 1. The van der Waals surface area contributed by atoms with Crippen LogP contribution in [0.4, 0.5) is 5.69 Å². The number of carbonyl (C=O) groups excluding carboxylic acids is 1. The first kappa shape index (κ1) is 14.6. The monoisotopic (exact) mass is 292 g/mol. The minimum Gasteiger partial charge on any atom is -0.329 e. The van der Waals surface area contributed by atoms with E-state index in [0.29, 0.717) is 28.0 Å². The van der Waals surface area contributed by atoms with Crippen LogP contribution in [0.15, 0.2) is 18.2 Å². The van der Waals surface area contributed by atoms with E-state index in [4.69, 9.17) is 28.9 Å². The van der Waals surface area contributed by atoms with E-state index in [2.05, 4.69) is 5.32 Å². The molecule has 0 aromatic heterocycles. The van der Waals surface area contributed by atoms with Gasteiger partial charge in [-0.05, 0) is 18.2 Å². The molecule has 3 N–H and O–H groups in total. The van der Waals surface area contributed by atoms with Gasteiger partial charge in [0.15, 0.2) is 0 Å². The summed E-state index contributed by atoms with van der Waals surface area (Å²) in [5, 5.41) is 3.98. The Balaban J connectivity index is 2.53. The number of amides is 1. The Morgan fingerprint density at radius 2 is 2.24 bits per heavy atom. The van der Waals surface area contributed by atoms with E-state index in [-0.39, 0.29) is 11.2 Å². The average Bonchev–Trinajstić information content (AvgIpc) is 2.30. The number of hydrogen-bond donors (Lipinski definition) is 2. The third-order valence-corrected chi connectivity index (χ3v) is 3.79. The van der Waals surface area contributed by atoms with Crippen molar-refractivity contribution in [3.05, 3.63) is 28.2 Å². The van der Waals surface area contributed by atoms with Crippen LogP contribution < -0.4 is 11.1 Å². The Kier molecular flexibility index (Phi) is 6.12. The van der Waals surface area contributed by atoms with E-state index in [0.717, 1.165) is 0 Å². The number of carbonyl (C=O) groups is 1. The highest BCUT2D eigenvalue weighted by atomic mass is 35.5. The van der Waals surface area contributed by atoms with Gasteiger partial charge in [-0.25, -0.2) is 0 Å². The van der Waals surface area contributed by atoms with Crippen LogP contribution in [0.1, 0.15) is 6.92 Å². The quantitative estimate of drug-likeness (QED) is 0.877. The summed E-state index contributed by atoms with van der Waals surface area (Å²) in [5.41, 5.74) is 6.00. The fourth-order valence-corrected chi connectivity index (χ4v) is 2.05. The molecule has 0 radical (unpaired) electrons. The second-order valence-corrected chi connectivity index (χ2v) is 5.80. The molecule has 1 amide bonds. The standard InChI is InChI=1S/C11H14Cl2N2OS/c1-7(5-14)17-6-11(16)15-10-4-8(12)2-3-9(10)13/h2-4,7H,5-6,14H2,1H3,(H,15,16). The highest BCUT2D eigenvalue weighted by Gasteiger charge is 2.08. The lowest BCUT2D eigenvalue weighted by Crippen LogP contribution is -2.19. The minimum atomic E-state index is -0.112. The van der Waals surface area contributed by atoms with Crippen molar-refractivity contribution >= 4 is 46.6 Å². The SMILES string of the molecule is CC(CN)SCC(=O)Nc1cc(Cl)ccc1Cl. The van der Waals surface area contributed by atoms with Crippen LogP contribution in [-0.2, 0) is 4.79 Å². The summed E-state index contributed by atoms with van der Waals surface area (Å²) in [6.45, 7) is 2.53. The maximum atomic E-state index is 11.6. The van der Waals surface area contributed by atoms with Gasteiger partial charge >= 0.3 is 0 Å². The van der Waals surface area contributed by atoms with Crippen molar-refractivity contribution in [2.24, 2.45) is 5.73 Å². The van der Waals surface area contributed by atoms with Gasteiger partial charge < -0.3 is 11.1 Å². The topological polar surface area (TPSA) is 55.1 Å². The molecule has 0 spiro atoms. The summed E-state index contributed by atoms with van der Waals surface area (Å²) in [6.07, 6.45) is 0. The highest BCUT2D eigenvalue weighted by molar-refractivity contribution is 8.00. The van der Waals surface area contributed by atoms with Crippen molar-refractivity contribution < 1.29 is 4.79 Å². The molecular formula is C11H14Cl2N2OS. The molecule has 1 aromatic carbocycles. The molecule has 3 nitrogen and oxygen atoms in total. The zero-order valence-corrected chi connectivity index (χ0v) is 11.7. The van der Waals surface area contributed by atoms with Crippen LogP contribution in [0, 0.1) is 0 Å². The Hall–Kier alpha value is -0.420. The zero-order chi connectivity index (χ0) is 12.8. The molecule has 0 fully saturated rings. The van der Waals surface area contributed by atoms with Crippen LogP contribution in [0.25, 0.3) is 0 Å². The summed E-state index contributed by atoms with van der Waals surface area (Å²) in [4.78, 5) is 11.6. The van der Waals surface area contributed by atoms with Crippen LogP contribution in [0.2, 0.25) is 10.0 Å². The summed E-state index contributed by atoms with van der Waals surface area (Å²) < 4.78 is 0. The number of nitrogens with two attached hydrogens (primary N) is 1. The number of nitrogens with one attached hydrogen (secondary N) is 1. The molecule has 0 aliphatic heterocycles. The molecule has 0 bridgehead atoms. The van der Waals surface area contributed by atoms with E-state index in [1.165, 1.54) is 11.8 Å². The molecule has 0 saturated carbocycles. The van der Waals surface area contributed by atoms with Gasteiger partial charge in [0.25, 0.3) is 0 Å². The van der Waals surface area contributed by atoms with Gasteiger partial charge in [-0.3, -0.25) is 4.79 Å². The van der Waals surface area contributed by atoms with E-state index in [1.807, 2.05) is 6.92 Å². The third-order valence-electron chi connectivity index (χ3n) is 2.03. The largest absolute Gasteiger partial charge is 0.329 e. The predicted molar refractivity (Wildman–Crippen MR) is 76.1 cm³/mol. The van der Waals surface area contributed by atoms with Crippen LogP contribution in [-0.4, -0.2) is 23.5 Å². The molecule has 0 saturated heterocycles. The number of hydrogen-bond acceptors (Lipinski definition) is 3. The second kappa shape index (κ2) is 7.11. The number of thioether (sulfide) groups is 1. The Morgan fingerprint density at radius 1 is 1.53 bits per heavy atom. The molecule has 17 heavy (non-hydrogen) atoms. The third kappa shape index (κ3) is 5.17. The summed E-state index contributed by atoms with van der Waals surface area (Å²) in [7, 11) is 0. The smallest absolute Gasteiger partial charge is 0.234 e. The first-order valence-corrected chi connectivity index (χ1v) is 6.90. The number of rotatable bonds is 5. The van der Waals surface area contributed by atoms with Gasteiger partial charge in [0, 0.05) is 16.8 Å². The number of benzene rings is 1. The van der Waals surface area contributed by atoms with Crippen LogP contribution in [0.5, 0.6) is 0 Å². The minimum absolute atomic E-state index is 0.112. The second-order valence-electron chi connectivity index (χ2n) is 3.53. The molecule has 0 aliphatic carbocycles. The maximum absolute atomic E-state index is 11.6. The summed E-state index contributed by atoms with van der Waals surface area (Å²) >= 11 is 13.2. The van der Waals surface area contributed by atoms with Crippen molar-refractivity contribution in [2.75, 3.05) is 17.6 Å². The van der Waals surface area contributed by atoms with Crippen molar-refractivity contribution in [1.82, 2.24) is 0 Å². The molecule has 1 rings (SSSR count). The summed E-state index contributed by atoms with van der Waals surface area (Å²) in [5.74, 6) is 0.237. The van der Waals surface area contributed by atoms with Gasteiger partial charge in [-0.15, -0.1) is 11.8 Å². The Morgan fingerprint density at radius 3 is 2.88 bits per heavy atom. The normalized spacial score (nSPS) is 12.2. The number of halogens is 2. The molecule has 1 unspecified atom stereocenters. The first-order valence-electron chi connectivity index (χ1n) is 5.09. The summed E-state index contributed by atoms with van der Waals surface area (Å²) in [6, 6.07) is 4.94. The van der Waals surface area contributed by atoms with Crippen molar-refractivity contribution in [3.8, 4) is 0 Å². The molecule has 94 valence electrons. The van der Waals surface area contributed by atoms with Gasteiger partial charge in [-0.1, -0.05) is 30.1 Å². The molecule has 1 aromatic rings. The lowest BCUT2D eigenvalue weighted by Gasteiger charge is -2.10. The van der Waals surface area contributed by atoms with E-state index in [9.17, 15) is 4.79 Å². The lowest BCUT2D eigenvalue weighted by molar-refractivity contribution is -0.113. The van der Waals surface area contributed by atoms with Crippen LogP contribution in [0.3, 0.4) is 0 Å². The van der Waals surface area contributed by atoms with E-state index >= 15 is 0 Å². The molecule has 6 heteroatoms. The van der Waals surface area contributed by atoms with Gasteiger partial charge in [-0.2, -0.15) is 0 Å². The van der Waals surface area contributed by atoms with Gasteiger partial charge in [0.1, 0.15) is 0 Å². The zero-order valence-electron chi connectivity index (χ0n) is 9.37. The maximum Gasteiger partial charge on any atom is 0.234 e. The molecular weight excluding hydrogens is 279 g/mol. The Labute approximate surface area is 115 Å². The molecule has 0 heterocycles. The van der Waals surface area contributed by atoms with Crippen molar-refractivity contribution in [1.29, 1.82) is 0 Å². The van der Waals surface area contributed by atoms with Crippen molar-refractivity contribution in [3.63, 3.8) is 0 Å². The van der Waals surface area contributed by atoms with Crippen LogP contribution >= 0.6 is 35.0 Å². The molecule has 0 aliphatic rings. The fraction of sp³-hybridized carbons (Fsp3) is 0.364. The van der Waals surface area contributed by atoms with Gasteiger partial charge in [0.2, 0.25) is 5.91 Å². The van der Waals surface area contributed by atoms with Gasteiger partial charge in [0.05, 0.1) is 16.5 Å². The molecule has 1 atom stereocenters. The predicted octanol–water partition coefficient (Wildman–Crippen LogP) is 3.01. The Bertz CT molecular complexity index is 401. The van der Waals surface area contributed by atoms with E-state index < -0.39 is 0 Å². The van der Waals surface area contributed by atoms with Crippen molar-refractivity contribution in [2.45, 2.75) is 12.2 Å². The van der Waals surface area contributed by atoms with E-state index in [1.54, 1.807) is 18.2 Å². The average molecular weight is 293 g/mol. The lowest BCUT2D eigenvalue weighted by atomic mass is 10.3.